The van der Waals surface area contributed by atoms with Crippen LogP contribution in [-0.2, 0) is 9.53 Å². The maximum Gasteiger partial charge on any atom is 0.262 e. The van der Waals surface area contributed by atoms with Crippen LogP contribution in [0.1, 0.15) is 34.6 Å². The summed E-state index contributed by atoms with van der Waals surface area (Å²) >= 11 is 0. The number of morpholine rings is 1. The molecule has 2 heterocycles. The Morgan fingerprint density at radius 2 is 1.92 bits per heavy atom. The number of amides is 3. The molecule has 26 heavy (non-hydrogen) atoms. The molecule has 1 saturated heterocycles. The van der Waals surface area contributed by atoms with Gasteiger partial charge in [-0.3, -0.25) is 19.3 Å². The number of carbonyl (C=O) groups excluding carboxylic acids is 3. The highest BCUT2D eigenvalue weighted by Crippen LogP contribution is 2.21. The van der Waals surface area contributed by atoms with Gasteiger partial charge in [0, 0.05) is 12.5 Å². The Balaban J connectivity index is 1.49. The van der Waals surface area contributed by atoms with E-state index in [1.54, 1.807) is 24.3 Å². The van der Waals surface area contributed by atoms with Crippen LogP contribution in [0, 0.1) is 5.92 Å². The maximum absolute atomic E-state index is 12.3. The Hall–Kier alpha value is -2.25. The molecule has 7 nitrogen and oxygen atoms in total. The van der Waals surface area contributed by atoms with Crippen molar-refractivity contribution in [2.45, 2.75) is 20.0 Å². The Morgan fingerprint density at radius 1 is 1.27 bits per heavy atom. The van der Waals surface area contributed by atoms with Gasteiger partial charge in [0.25, 0.3) is 11.8 Å². The molecule has 1 aromatic rings. The van der Waals surface area contributed by atoms with Crippen molar-refractivity contribution in [3.63, 3.8) is 0 Å². The summed E-state index contributed by atoms with van der Waals surface area (Å²) in [5, 5.41) is 2.80. The van der Waals surface area contributed by atoms with Crippen LogP contribution in [0.5, 0.6) is 0 Å². The van der Waals surface area contributed by atoms with Crippen molar-refractivity contribution >= 4 is 17.7 Å². The molecule has 2 N–H and O–H groups in total. The van der Waals surface area contributed by atoms with Crippen molar-refractivity contribution in [1.82, 2.24) is 10.2 Å². The van der Waals surface area contributed by atoms with Crippen LogP contribution in [0.3, 0.4) is 0 Å². The Labute approximate surface area is 153 Å². The summed E-state index contributed by atoms with van der Waals surface area (Å²) in [7, 11) is 0. The van der Waals surface area contributed by atoms with E-state index in [1.165, 1.54) is 4.90 Å². The molecule has 1 unspecified atom stereocenters. The molecule has 1 fully saturated rings. The standard InChI is InChI=1S/C19H25N3O4/c1-13(2)10-21-7-8-26-14(11-21)9-20-17(23)12-22-18(24)15-5-3-4-6-16(15)19(22)25/h3-6,13-14H,7-12H2,1-2H3,(H,20,23)/p+1/t14-/m1/s1. The van der Waals surface area contributed by atoms with Gasteiger partial charge in [0.1, 0.15) is 25.7 Å². The third-order valence-electron chi connectivity index (χ3n) is 4.73. The maximum atomic E-state index is 12.3. The normalized spacial score (nSPS) is 22.7. The van der Waals surface area contributed by atoms with Crippen molar-refractivity contribution in [3.05, 3.63) is 35.4 Å². The van der Waals surface area contributed by atoms with Gasteiger partial charge in [-0.05, 0) is 12.1 Å². The van der Waals surface area contributed by atoms with Gasteiger partial charge in [0.15, 0.2) is 0 Å². The molecular formula is C19H26N3O4+. The molecule has 0 saturated carbocycles. The zero-order valence-electron chi connectivity index (χ0n) is 15.3. The van der Waals surface area contributed by atoms with E-state index in [1.807, 2.05) is 0 Å². The number of nitrogens with one attached hydrogen (secondary N) is 2. The van der Waals surface area contributed by atoms with E-state index >= 15 is 0 Å². The van der Waals surface area contributed by atoms with Gasteiger partial charge in [-0.2, -0.15) is 0 Å². The largest absolute Gasteiger partial charge is 0.365 e. The summed E-state index contributed by atoms with van der Waals surface area (Å²) in [5.74, 6) is -0.560. The van der Waals surface area contributed by atoms with Gasteiger partial charge < -0.3 is 15.0 Å². The Bertz CT molecular complexity index is 669. The first-order chi connectivity index (χ1) is 12.5. The second-order valence-corrected chi connectivity index (χ2v) is 7.34. The SMILES string of the molecule is CC(C)C[NH+]1CCO[C@H](CNC(=O)CN2C(=O)c3ccccc3C2=O)C1. The van der Waals surface area contributed by atoms with E-state index in [9.17, 15) is 14.4 Å². The zero-order chi connectivity index (χ0) is 18.7. The second-order valence-electron chi connectivity index (χ2n) is 7.34. The number of nitrogens with zero attached hydrogens (tertiary/aromatic N) is 1. The lowest BCUT2D eigenvalue weighted by molar-refractivity contribution is -0.914. The molecule has 0 spiro atoms. The molecule has 3 rings (SSSR count). The van der Waals surface area contributed by atoms with Gasteiger partial charge in [-0.15, -0.1) is 0 Å². The fourth-order valence-electron chi connectivity index (χ4n) is 3.56. The van der Waals surface area contributed by atoms with Gasteiger partial charge in [0.2, 0.25) is 5.91 Å². The lowest BCUT2D eigenvalue weighted by Crippen LogP contribution is -3.15. The highest BCUT2D eigenvalue weighted by atomic mass is 16.5. The number of benzene rings is 1. The molecule has 140 valence electrons. The van der Waals surface area contributed by atoms with Crippen LogP contribution < -0.4 is 10.2 Å². The predicted octanol–water partition coefficient (Wildman–Crippen LogP) is -0.661. The third kappa shape index (κ3) is 4.11. The van der Waals surface area contributed by atoms with E-state index in [-0.39, 0.29) is 18.6 Å². The molecule has 7 heteroatoms. The average molecular weight is 360 g/mol. The van der Waals surface area contributed by atoms with Crippen LogP contribution in [0.25, 0.3) is 0 Å². The number of imide groups is 1. The summed E-state index contributed by atoms with van der Waals surface area (Å²) < 4.78 is 5.72. The lowest BCUT2D eigenvalue weighted by Gasteiger charge is -2.31. The van der Waals surface area contributed by atoms with E-state index in [0.29, 0.717) is 30.2 Å². The van der Waals surface area contributed by atoms with Gasteiger partial charge in [0.05, 0.1) is 24.3 Å². The molecule has 0 aliphatic carbocycles. The van der Waals surface area contributed by atoms with Crippen LogP contribution in [0.15, 0.2) is 24.3 Å². The molecular weight excluding hydrogens is 334 g/mol. The summed E-state index contributed by atoms with van der Waals surface area (Å²) in [6.45, 7) is 8.13. The Morgan fingerprint density at radius 3 is 2.54 bits per heavy atom. The van der Waals surface area contributed by atoms with Crippen LogP contribution >= 0.6 is 0 Å². The quantitative estimate of drug-likeness (QED) is 0.660. The highest BCUT2D eigenvalue weighted by Gasteiger charge is 2.36. The minimum Gasteiger partial charge on any atom is -0.365 e. The van der Waals surface area contributed by atoms with Crippen LogP contribution in [0.4, 0.5) is 0 Å². The van der Waals surface area contributed by atoms with Crippen LogP contribution in [-0.4, -0.2) is 68.1 Å². The summed E-state index contributed by atoms with van der Waals surface area (Å²) in [6.07, 6.45) is -0.0383. The van der Waals surface area contributed by atoms with E-state index in [0.717, 1.165) is 24.5 Å². The molecule has 3 amide bonds. The monoisotopic (exact) mass is 360 g/mol. The second kappa shape index (κ2) is 7.97. The zero-order valence-corrected chi connectivity index (χ0v) is 15.3. The summed E-state index contributed by atoms with van der Waals surface area (Å²) in [5.41, 5.74) is 0.711. The summed E-state index contributed by atoms with van der Waals surface area (Å²) in [4.78, 5) is 39.3. The number of rotatable bonds is 6. The smallest absolute Gasteiger partial charge is 0.262 e. The first kappa shape index (κ1) is 18.5. The number of carbonyl (C=O) groups is 3. The fraction of sp³-hybridized carbons (Fsp3) is 0.526. The van der Waals surface area contributed by atoms with Crippen molar-refractivity contribution < 1.29 is 24.0 Å². The highest BCUT2D eigenvalue weighted by molar-refractivity contribution is 6.22. The molecule has 1 aromatic carbocycles. The Kier molecular flexibility index (Phi) is 5.68. The van der Waals surface area contributed by atoms with Gasteiger partial charge >= 0.3 is 0 Å². The van der Waals surface area contributed by atoms with Crippen molar-refractivity contribution in [2.75, 3.05) is 39.3 Å². The molecule has 2 atom stereocenters. The number of hydrogen-bond donors (Lipinski definition) is 2. The van der Waals surface area contributed by atoms with Crippen molar-refractivity contribution in [3.8, 4) is 0 Å². The minimum atomic E-state index is -0.415. The van der Waals surface area contributed by atoms with E-state index < -0.39 is 11.8 Å². The topological polar surface area (TPSA) is 80.2 Å². The molecule has 2 aliphatic rings. The van der Waals surface area contributed by atoms with E-state index in [4.69, 9.17) is 4.74 Å². The number of hydrogen-bond acceptors (Lipinski definition) is 4. The first-order valence-electron chi connectivity index (χ1n) is 9.12. The molecule has 0 aromatic heterocycles. The number of fused-ring (bicyclic) bond motifs is 1. The lowest BCUT2D eigenvalue weighted by atomic mass is 10.1. The van der Waals surface area contributed by atoms with Gasteiger partial charge in [-0.25, -0.2) is 0 Å². The minimum absolute atomic E-state index is 0.0383. The molecule has 0 radical (unpaired) electrons. The predicted molar refractivity (Wildman–Crippen MR) is 95.0 cm³/mol. The first-order valence-corrected chi connectivity index (χ1v) is 9.12. The van der Waals surface area contributed by atoms with Crippen molar-refractivity contribution in [2.24, 2.45) is 5.92 Å². The average Bonchev–Trinajstić information content (AvgIpc) is 2.85. The molecule has 0 bridgehead atoms. The third-order valence-corrected chi connectivity index (χ3v) is 4.73. The number of quaternary nitrogens is 1. The summed E-state index contributed by atoms with van der Waals surface area (Å²) in [6, 6.07) is 6.63. The van der Waals surface area contributed by atoms with Crippen molar-refractivity contribution in [1.29, 1.82) is 0 Å². The van der Waals surface area contributed by atoms with E-state index in [2.05, 4.69) is 19.2 Å². The van der Waals surface area contributed by atoms with Gasteiger partial charge in [-0.1, -0.05) is 26.0 Å². The fourth-order valence-corrected chi connectivity index (χ4v) is 3.56. The van der Waals surface area contributed by atoms with Crippen LogP contribution in [0.2, 0.25) is 0 Å². The number of ether oxygens (including phenoxy) is 1. The molecule has 2 aliphatic heterocycles.